The maximum absolute atomic E-state index is 2.50. The van der Waals surface area contributed by atoms with E-state index in [4.69, 9.17) is 0 Å². The van der Waals surface area contributed by atoms with Crippen molar-refractivity contribution < 1.29 is 0 Å². The lowest BCUT2D eigenvalue weighted by Gasteiger charge is -2.28. The Bertz CT molecular complexity index is 4170. The molecule has 0 fully saturated rings. The van der Waals surface area contributed by atoms with Gasteiger partial charge in [0.15, 0.2) is 0 Å². The normalized spacial score (nSPS) is 13.6. The lowest BCUT2D eigenvalue weighted by Crippen LogP contribution is -2.16. The highest BCUT2D eigenvalue weighted by Crippen LogP contribution is 2.54. The van der Waals surface area contributed by atoms with Crippen LogP contribution in [0.15, 0.2) is 255 Å². The molecule has 0 atom stereocenters. The van der Waals surface area contributed by atoms with Crippen LogP contribution in [0.5, 0.6) is 0 Å². The van der Waals surface area contributed by atoms with E-state index in [0.717, 1.165) is 22.6 Å². The molecule has 1 aromatic heterocycles. The zero-order chi connectivity index (χ0) is 49.7. The molecule has 2 heteroatoms. The second kappa shape index (κ2) is 16.8. The van der Waals surface area contributed by atoms with Crippen LogP contribution in [0.4, 0.5) is 17.1 Å². The summed E-state index contributed by atoms with van der Waals surface area (Å²) in [4.78, 5) is 2.43. The molecule has 0 N–H and O–H groups in total. The Morgan fingerprint density at radius 2 is 0.770 bits per heavy atom. The van der Waals surface area contributed by atoms with Gasteiger partial charge in [0.25, 0.3) is 0 Å². The second-order valence-electron chi connectivity index (χ2n) is 21.3. The summed E-state index contributed by atoms with van der Waals surface area (Å²) in [6.45, 7) is 9.49. The van der Waals surface area contributed by atoms with Crippen LogP contribution in [-0.2, 0) is 10.8 Å². The van der Waals surface area contributed by atoms with Crippen LogP contribution >= 0.6 is 0 Å². The third-order valence-corrected chi connectivity index (χ3v) is 16.4. The average Bonchev–Trinajstić information content (AvgIpc) is 4.01. The molecule has 0 unspecified atom stereocenters. The zero-order valence-electron chi connectivity index (χ0n) is 42.1. The number of hydrogen-bond donors (Lipinski definition) is 0. The Hall–Kier alpha value is -8.98. The maximum Gasteiger partial charge on any atom is 0.0543 e. The molecular weight excluding hydrogens is 893 g/mol. The summed E-state index contributed by atoms with van der Waals surface area (Å²) >= 11 is 0. The number of fused-ring (bicyclic) bond motifs is 9. The lowest BCUT2D eigenvalue weighted by atomic mass is 9.81. The van der Waals surface area contributed by atoms with Crippen molar-refractivity contribution in [1.82, 2.24) is 4.57 Å². The smallest absolute Gasteiger partial charge is 0.0543 e. The molecule has 2 aliphatic carbocycles. The van der Waals surface area contributed by atoms with Crippen LogP contribution in [0.1, 0.15) is 49.9 Å². The summed E-state index contributed by atoms with van der Waals surface area (Å²) in [7, 11) is 0. The highest BCUT2D eigenvalue weighted by atomic mass is 15.1. The van der Waals surface area contributed by atoms with E-state index in [-0.39, 0.29) is 10.8 Å². The third kappa shape index (κ3) is 6.86. The summed E-state index contributed by atoms with van der Waals surface area (Å²) in [6.07, 6.45) is 0. The summed E-state index contributed by atoms with van der Waals surface area (Å²) in [5.41, 5.74) is 27.1. The van der Waals surface area contributed by atoms with Gasteiger partial charge in [-0.3, -0.25) is 0 Å². The SMILES string of the molecule is CC1(C)c2cc(-c3ccccc3)ccc2-c2ccc(N(c3ccc(-c4ccccc4)cc3)c3cccc(-c4cccc(-c5ccc6c(c5)c5ccccc5n6-c5cccc6c5-c5ccccc5C6(C)C)c4)c3)cc21. The topological polar surface area (TPSA) is 8.17 Å². The molecule has 0 amide bonds. The van der Waals surface area contributed by atoms with Gasteiger partial charge in [0.05, 0.1) is 16.7 Å². The predicted molar refractivity (Wildman–Crippen MR) is 312 cm³/mol. The summed E-state index contributed by atoms with van der Waals surface area (Å²) < 4.78 is 2.50. The molecule has 0 saturated carbocycles. The van der Waals surface area contributed by atoms with Crippen LogP contribution in [0.3, 0.4) is 0 Å². The van der Waals surface area contributed by atoms with E-state index in [2.05, 4.69) is 292 Å². The number of benzene rings is 11. The average molecular weight is 947 g/mol. The van der Waals surface area contributed by atoms with Crippen LogP contribution in [0.25, 0.3) is 94.3 Å². The number of nitrogens with zero attached hydrogens (tertiary/aromatic N) is 2. The number of aromatic nitrogens is 1. The fourth-order valence-electron chi connectivity index (χ4n) is 12.6. The highest BCUT2D eigenvalue weighted by Gasteiger charge is 2.38. The minimum absolute atomic E-state index is 0.0783. The van der Waals surface area contributed by atoms with Crippen molar-refractivity contribution in [2.24, 2.45) is 0 Å². The van der Waals surface area contributed by atoms with Crippen LogP contribution < -0.4 is 4.90 Å². The van der Waals surface area contributed by atoms with Gasteiger partial charge in [0.1, 0.15) is 0 Å². The van der Waals surface area contributed by atoms with Gasteiger partial charge in [0, 0.05) is 44.2 Å². The van der Waals surface area contributed by atoms with Gasteiger partial charge in [-0.05, 0) is 156 Å². The van der Waals surface area contributed by atoms with Gasteiger partial charge in [0.2, 0.25) is 0 Å². The van der Waals surface area contributed by atoms with E-state index >= 15 is 0 Å². The molecule has 14 rings (SSSR count). The lowest BCUT2D eigenvalue weighted by molar-refractivity contribution is 0.660. The number of rotatable bonds is 8. The van der Waals surface area contributed by atoms with E-state index in [1.165, 1.54) is 111 Å². The largest absolute Gasteiger partial charge is 0.310 e. The highest BCUT2D eigenvalue weighted by molar-refractivity contribution is 6.11. The Balaban J connectivity index is 0.853. The van der Waals surface area contributed by atoms with Gasteiger partial charge in [-0.1, -0.05) is 210 Å². The summed E-state index contributed by atoms with van der Waals surface area (Å²) in [6, 6.07) is 94.5. The zero-order valence-corrected chi connectivity index (χ0v) is 42.1. The first-order valence-corrected chi connectivity index (χ1v) is 26.0. The number of para-hydroxylation sites is 1. The van der Waals surface area contributed by atoms with Gasteiger partial charge in [-0.15, -0.1) is 0 Å². The van der Waals surface area contributed by atoms with Gasteiger partial charge in [-0.25, -0.2) is 0 Å². The quantitative estimate of drug-likeness (QED) is 0.147. The molecule has 0 radical (unpaired) electrons. The van der Waals surface area contributed by atoms with E-state index in [1.54, 1.807) is 0 Å². The predicted octanol–water partition coefficient (Wildman–Crippen LogP) is 19.5. The molecule has 12 aromatic rings. The van der Waals surface area contributed by atoms with Crippen LogP contribution in [0, 0.1) is 0 Å². The fraction of sp³-hybridized carbons (Fsp3) is 0.0833. The van der Waals surface area contributed by atoms with E-state index in [1.807, 2.05) is 0 Å². The van der Waals surface area contributed by atoms with Crippen molar-refractivity contribution in [2.45, 2.75) is 38.5 Å². The van der Waals surface area contributed by atoms with E-state index in [0.29, 0.717) is 0 Å². The minimum Gasteiger partial charge on any atom is -0.310 e. The Kier molecular flexibility index (Phi) is 9.94. The molecule has 0 spiro atoms. The van der Waals surface area contributed by atoms with Crippen LogP contribution in [-0.4, -0.2) is 4.57 Å². The van der Waals surface area contributed by atoms with E-state index < -0.39 is 0 Å². The van der Waals surface area contributed by atoms with Gasteiger partial charge >= 0.3 is 0 Å². The maximum atomic E-state index is 2.50. The third-order valence-electron chi connectivity index (χ3n) is 16.4. The van der Waals surface area contributed by atoms with Crippen molar-refractivity contribution in [3.05, 3.63) is 277 Å². The van der Waals surface area contributed by atoms with Crippen molar-refractivity contribution in [3.63, 3.8) is 0 Å². The van der Waals surface area contributed by atoms with Gasteiger partial charge in [-0.2, -0.15) is 0 Å². The molecule has 1 heterocycles. The van der Waals surface area contributed by atoms with E-state index in [9.17, 15) is 0 Å². The molecule has 74 heavy (non-hydrogen) atoms. The first-order chi connectivity index (χ1) is 36.2. The first-order valence-electron chi connectivity index (χ1n) is 26.0. The molecule has 11 aromatic carbocycles. The number of anilines is 3. The monoisotopic (exact) mass is 946 g/mol. The molecular formula is C72H54N2. The van der Waals surface area contributed by atoms with Crippen molar-refractivity contribution in [3.8, 4) is 72.4 Å². The molecule has 0 saturated heterocycles. The molecule has 2 nitrogen and oxygen atoms in total. The Morgan fingerprint density at radius 1 is 0.284 bits per heavy atom. The minimum atomic E-state index is -0.195. The van der Waals surface area contributed by atoms with Crippen molar-refractivity contribution in [1.29, 1.82) is 0 Å². The molecule has 2 aliphatic rings. The molecule has 0 aliphatic heterocycles. The summed E-state index contributed by atoms with van der Waals surface area (Å²) in [5, 5.41) is 2.50. The van der Waals surface area contributed by atoms with Crippen LogP contribution in [0.2, 0.25) is 0 Å². The Morgan fingerprint density at radius 3 is 1.54 bits per heavy atom. The standard InChI is InChI=1S/C72H54N2/c1-71(2)63-28-13-11-27-61(63)70-64(71)29-17-31-69(70)74-67-30-14-12-26-60(67)62-44-53(35-41-68(62)74)51-23-15-22-50(42-51)52-24-16-25-56(43-52)73(55-36-32-49(33-37-55)47-18-7-5-8-19-47)57-38-40-59-58-39-34-54(48-20-9-6-10-21-48)45-65(58)72(3,4)66(59)46-57/h5-46H,1-4H3. The Labute approximate surface area is 434 Å². The van der Waals surface area contributed by atoms with Crippen molar-refractivity contribution in [2.75, 3.05) is 4.90 Å². The fourth-order valence-corrected chi connectivity index (χ4v) is 12.6. The molecule has 0 bridgehead atoms. The molecule has 352 valence electrons. The first kappa shape index (κ1) is 43.8. The number of hydrogen-bond acceptors (Lipinski definition) is 1. The van der Waals surface area contributed by atoms with Gasteiger partial charge < -0.3 is 9.47 Å². The van der Waals surface area contributed by atoms with Crippen molar-refractivity contribution >= 4 is 38.9 Å². The second-order valence-corrected chi connectivity index (χ2v) is 21.3. The summed E-state index contributed by atoms with van der Waals surface area (Å²) in [5.74, 6) is 0.